The van der Waals surface area contributed by atoms with Crippen molar-refractivity contribution in [2.24, 2.45) is 17.8 Å². The molecule has 1 heterocycles. The summed E-state index contributed by atoms with van der Waals surface area (Å²) in [5, 5.41) is 9.15. The number of amides is 2. The number of likely N-dealkylation sites (tertiary alicyclic amines) is 1. The summed E-state index contributed by atoms with van der Waals surface area (Å²) in [7, 11) is 0. The van der Waals surface area contributed by atoms with Gasteiger partial charge in [-0.25, -0.2) is 0 Å². The molecule has 2 rings (SSSR count). The molecule has 1 aliphatic heterocycles. The predicted octanol–water partition coefficient (Wildman–Crippen LogP) is 0.00820. The minimum atomic E-state index is -0.331. The Balaban J connectivity index is 2.17. The minimum absolute atomic E-state index is 0.0599. The number of aliphatic hydroxyl groups is 1. The van der Waals surface area contributed by atoms with E-state index in [0.29, 0.717) is 0 Å². The van der Waals surface area contributed by atoms with Crippen LogP contribution in [0, 0.1) is 17.8 Å². The molecule has 2 amide bonds. The first-order valence-corrected chi connectivity index (χ1v) is 5.05. The summed E-state index contributed by atoms with van der Waals surface area (Å²) in [4.78, 5) is 24.6. The fourth-order valence-corrected chi connectivity index (χ4v) is 2.12. The number of nitrogens with zero attached hydrogens (tertiary/aromatic N) is 1. The molecule has 2 aliphatic rings. The van der Waals surface area contributed by atoms with Gasteiger partial charge in [-0.3, -0.25) is 14.5 Å². The van der Waals surface area contributed by atoms with Crippen LogP contribution in [0.2, 0.25) is 0 Å². The second-order valence-electron chi connectivity index (χ2n) is 4.49. The van der Waals surface area contributed by atoms with Gasteiger partial charge in [0.2, 0.25) is 11.8 Å². The lowest BCUT2D eigenvalue weighted by molar-refractivity contribution is -0.146. The van der Waals surface area contributed by atoms with Crippen LogP contribution in [0.1, 0.15) is 20.3 Å². The third-order valence-electron chi connectivity index (χ3n) is 3.19. The number of carbonyl (C=O) groups is 2. The first-order chi connectivity index (χ1) is 6.57. The van der Waals surface area contributed by atoms with E-state index >= 15 is 0 Å². The average Bonchev–Trinajstić information content (AvgIpc) is 2.85. The summed E-state index contributed by atoms with van der Waals surface area (Å²) in [6.45, 7) is 3.69. The molecule has 78 valence electrons. The average molecular weight is 197 g/mol. The van der Waals surface area contributed by atoms with Crippen LogP contribution in [0.3, 0.4) is 0 Å². The fourth-order valence-electron chi connectivity index (χ4n) is 2.12. The largest absolute Gasteiger partial charge is 0.394 e. The van der Waals surface area contributed by atoms with Crippen molar-refractivity contribution in [2.75, 3.05) is 6.61 Å². The number of imide groups is 1. The van der Waals surface area contributed by atoms with Crippen LogP contribution >= 0.6 is 0 Å². The van der Waals surface area contributed by atoms with E-state index in [1.807, 2.05) is 13.8 Å². The van der Waals surface area contributed by atoms with E-state index in [1.165, 1.54) is 4.90 Å². The number of piperidine rings is 1. The minimum Gasteiger partial charge on any atom is -0.394 e. The van der Waals surface area contributed by atoms with Crippen molar-refractivity contribution < 1.29 is 14.7 Å². The van der Waals surface area contributed by atoms with E-state index in [0.717, 1.165) is 6.42 Å². The molecule has 0 radical (unpaired) electrons. The van der Waals surface area contributed by atoms with Crippen LogP contribution in [0.25, 0.3) is 0 Å². The molecule has 0 aromatic carbocycles. The lowest BCUT2D eigenvalue weighted by Gasteiger charge is -2.28. The molecule has 3 atom stereocenters. The Bertz CT molecular complexity index is 267. The highest BCUT2D eigenvalue weighted by Gasteiger charge is 2.60. The third-order valence-corrected chi connectivity index (χ3v) is 3.19. The Labute approximate surface area is 82.9 Å². The number of rotatable bonds is 3. The number of fused-ring (bicyclic) bond motifs is 1. The molecule has 0 bridgehead atoms. The lowest BCUT2D eigenvalue weighted by atomic mass is 10.0. The molecule has 14 heavy (non-hydrogen) atoms. The van der Waals surface area contributed by atoms with Crippen LogP contribution < -0.4 is 0 Å². The maximum atomic E-state index is 11.7. The Hall–Kier alpha value is -0.900. The fraction of sp³-hybridized carbons (Fsp3) is 0.800. The molecule has 2 fully saturated rings. The highest BCUT2D eigenvalue weighted by molar-refractivity contribution is 6.09. The highest BCUT2D eigenvalue weighted by Crippen LogP contribution is 2.48. The lowest BCUT2D eigenvalue weighted by Crippen LogP contribution is -2.46. The van der Waals surface area contributed by atoms with Crippen molar-refractivity contribution in [1.29, 1.82) is 0 Å². The van der Waals surface area contributed by atoms with Crippen molar-refractivity contribution in [3.05, 3.63) is 0 Å². The first kappa shape index (κ1) is 9.65. The number of hydrogen-bond acceptors (Lipinski definition) is 3. The van der Waals surface area contributed by atoms with Crippen LogP contribution in [-0.4, -0.2) is 34.5 Å². The van der Waals surface area contributed by atoms with Crippen LogP contribution in [-0.2, 0) is 9.59 Å². The van der Waals surface area contributed by atoms with Gasteiger partial charge in [0.05, 0.1) is 24.5 Å². The van der Waals surface area contributed by atoms with Gasteiger partial charge in [-0.2, -0.15) is 0 Å². The van der Waals surface area contributed by atoms with Gasteiger partial charge in [0, 0.05) is 0 Å². The molecular weight excluding hydrogens is 182 g/mol. The van der Waals surface area contributed by atoms with Crippen molar-refractivity contribution in [3.63, 3.8) is 0 Å². The molecule has 1 saturated heterocycles. The van der Waals surface area contributed by atoms with Crippen molar-refractivity contribution in [3.8, 4) is 0 Å². The molecular formula is C10H15NO3. The topological polar surface area (TPSA) is 57.6 Å². The van der Waals surface area contributed by atoms with E-state index in [2.05, 4.69) is 0 Å². The summed E-state index contributed by atoms with van der Waals surface area (Å²) in [6.07, 6.45) is 0.727. The van der Waals surface area contributed by atoms with Crippen LogP contribution in [0.15, 0.2) is 0 Å². The molecule has 0 aromatic rings. The molecule has 4 heteroatoms. The van der Waals surface area contributed by atoms with Gasteiger partial charge < -0.3 is 5.11 Å². The Morgan fingerprint density at radius 3 is 2.21 bits per heavy atom. The Kier molecular flexibility index (Phi) is 2.10. The smallest absolute Gasteiger partial charge is 0.233 e. The van der Waals surface area contributed by atoms with Gasteiger partial charge in [0.1, 0.15) is 0 Å². The monoisotopic (exact) mass is 197 g/mol. The van der Waals surface area contributed by atoms with Gasteiger partial charge in [-0.15, -0.1) is 0 Å². The maximum Gasteiger partial charge on any atom is 0.233 e. The van der Waals surface area contributed by atoms with E-state index in [-0.39, 0.29) is 42.2 Å². The Morgan fingerprint density at radius 1 is 1.36 bits per heavy atom. The van der Waals surface area contributed by atoms with Gasteiger partial charge >= 0.3 is 0 Å². The van der Waals surface area contributed by atoms with E-state index in [4.69, 9.17) is 5.11 Å². The molecule has 3 unspecified atom stereocenters. The van der Waals surface area contributed by atoms with Crippen molar-refractivity contribution in [2.45, 2.75) is 26.3 Å². The normalized spacial score (nSPS) is 32.4. The quantitative estimate of drug-likeness (QED) is 0.648. The first-order valence-electron chi connectivity index (χ1n) is 5.05. The second-order valence-corrected chi connectivity index (χ2v) is 4.49. The SMILES string of the molecule is CC(C)C(CO)N1C(=O)C2CC2C1=O. The van der Waals surface area contributed by atoms with Gasteiger partial charge in [-0.05, 0) is 12.3 Å². The molecule has 0 aromatic heterocycles. The van der Waals surface area contributed by atoms with Crippen molar-refractivity contribution >= 4 is 11.8 Å². The van der Waals surface area contributed by atoms with E-state index in [9.17, 15) is 9.59 Å². The molecule has 1 aliphatic carbocycles. The number of carbonyl (C=O) groups excluding carboxylic acids is 2. The predicted molar refractivity (Wildman–Crippen MR) is 49.2 cm³/mol. The Morgan fingerprint density at radius 2 is 1.86 bits per heavy atom. The standard InChI is InChI=1S/C10H15NO3/c1-5(2)8(4-12)11-9(13)6-3-7(6)10(11)14/h5-8,12H,3-4H2,1-2H3. The maximum absolute atomic E-state index is 11.7. The molecule has 1 N–H and O–H groups in total. The molecule has 4 nitrogen and oxygen atoms in total. The van der Waals surface area contributed by atoms with E-state index in [1.54, 1.807) is 0 Å². The van der Waals surface area contributed by atoms with Crippen molar-refractivity contribution in [1.82, 2.24) is 4.90 Å². The summed E-state index contributed by atoms with van der Waals surface area (Å²) < 4.78 is 0. The zero-order chi connectivity index (χ0) is 10.5. The summed E-state index contributed by atoms with van der Waals surface area (Å²) >= 11 is 0. The summed E-state index contributed by atoms with van der Waals surface area (Å²) in [5.74, 6) is -0.156. The summed E-state index contributed by atoms with van der Waals surface area (Å²) in [5.41, 5.74) is 0. The zero-order valence-electron chi connectivity index (χ0n) is 8.43. The summed E-state index contributed by atoms with van der Waals surface area (Å²) in [6, 6.07) is -0.331. The van der Waals surface area contributed by atoms with Gasteiger partial charge in [-0.1, -0.05) is 13.8 Å². The zero-order valence-corrected chi connectivity index (χ0v) is 8.43. The molecule has 1 saturated carbocycles. The van der Waals surface area contributed by atoms with Crippen LogP contribution in [0.5, 0.6) is 0 Å². The third kappa shape index (κ3) is 1.17. The number of hydrogen-bond donors (Lipinski definition) is 1. The van der Waals surface area contributed by atoms with Gasteiger partial charge in [0.15, 0.2) is 0 Å². The van der Waals surface area contributed by atoms with Crippen LogP contribution in [0.4, 0.5) is 0 Å². The van der Waals surface area contributed by atoms with Gasteiger partial charge in [0.25, 0.3) is 0 Å². The highest BCUT2D eigenvalue weighted by atomic mass is 16.3. The second kappa shape index (κ2) is 3.05. The molecule has 0 spiro atoms. The van der Waals surface area contributed by atoms with E-state index < -0.39 is 0 Å². The number of aliphatic hydroxyl groups excluding tert-OH is 1.